The average Bonchev–Trinajstić information content (AvgIpc) is 3.19. The third-order valence-electron chi connectivity index (χ3n) is 8.27. The molecule has 0 bridgehead atoms. The number of fused-ring (bicyclic) bond motifs is 4. The van der Waals surface area contributed by atoms with Gasteiger partial charge in [-0.15, -0.1) is 0 Å². The first-order valence-corrected chi connectivity index (χ1v) is 12.2. The lowest BCUT2D eigenvalue weighted by molar-refractivity contribution is -0.142. The van der Waals surface area contributed by atoms with Gasteiger partial charge in [-0.05, 0) is 46.9 Å². The Bertz CT molecular complexity index is 1110. The Morgan fingerprint density at radius 1 is 0.941 bits per heavy atom. The number of likely N-dealkylation sites (tertiary alicyclic amines) is 1. The van der Waals surface area contributed by atoms with E-state index in [2.05, 4.69) is 29.6 Å². The molecule has 3 aliphatic carbocycles. The summed E-state index contributed by atoms with van der Waals surface area (Å²) in [5.74, 6) is -1.08. The first-order valence-electron chi connectivity index (χ1n) is 12.2. The standard InChI is InChI=1S/C27H28N2O5/c30-25(29-12-20-21(13-29)24(20)26(31)32)19-10-5-11-23(19)28-27(33)34-14-22-17-8-3-1-6-15(17)16-7-2-4-9-18(16)22/h1-4,6-9,19-24H,5,10-14H2,(H,28,33)(H,31,32). The van der Waals surface area contributed by atoms with Crippen molar-refractivity contribution in [2.24, 2.45) is 23.7 Å². The zero-order chi connectivity index (χ0) is 23.4. The number of hydrogen-bond acceptors (Lipinski definition) is 4. The molecule has 2 saturated carbocycles. The fraction of sp³-hybridized carbons (Fsp3) is 0.444. The molecular weight excluding hydrogens is 432 g/mol. The molecule has 3 fully saturated rings. The maximum atomic E-state index is 13.1. The minimum Gasteiger partial charge on any atom is -0.481 e. The van der Waals surface area contributed by atoms with Crippen LogP contribution in [0.4, 0.5) is 4.79 Å². The molecule has 7 nitrogen and oxygen atoms in total. The van der Waals surface area contributed by atoms with Gasteiger partial charge in [0.15, 0.2) is 0 Å². The van der Waals surface area contributed by atoms with Crippen LogP contribution in [-0.2, 0) is 14.3 Å². The predicted octanol–water partition coefficient (Wildman–Crippen LogP) is 3.48. The fourth-order valence-corrected chi connectivity index (χ4v) is 6.53. The van der Waals surface area contributed by atoms with E-state index in [0.717, 1.165) is 30.4 Å². The molecule has 1 saturated heterocycles. The number of alkyl carbamates (subject to hydrolysis) is 1. The van der Waals surface area contributed by atoms with Gasteiger partial charge in [0.2, 0.25) is 5.91 Å². The molecule has 6 rings (SSSR count). The fourth-order valence-electron chi connectivity index (χ4n) is 6.53. The van der Waals surface area contributed by atoms with Crippen LogP contribution in [-0.4, -0.2) is 53.7 Å². The van der Waals surface area contributed by atoms with Crippen molar-refractivity contribution in [1.82, 2.24) is 10.2 Å². The SMILES string of the molecule is O=C(NC1CCCC1C(=O)N1CC2C(C1)C2C(=O)O)OCC1c2ccccc2-c2ccccc21. The molecule has 0 radical (unpaired) electrons. The van der Waals surface area contributed by atoms with E-state index in [4.69, 9.17) is 4.74 Å². The number of rotatable bonds is 5. The highest BCUT2D eigenvalue weighted by atomic mass is 16.5. The number of amides is 2. The summed E-state index contributed by atoms with van der Waals surface area (Å²) in [6, 6.07) is 16.2. The molecule has 4 unspecified atom stereocenters. The van der Waals surface area contributed by atoms with Gasteiger partial charge in [-0.2, -0.15) is 0 Å². The Hall–Kier alpha value is -3.35. The largest absolute Gasteiger partial charge is 0.481 e. The number of carbonyl (C=O) groups is 3. The number of piperidine rings is 1. The highest BCUT2D eigenvalue weighted by Gasteiger charge is 2.61. The molecule has 2 N–H and O–H groups in total. The zero-order valence-electron chi connectivity index (χ0n) is 18.9. The van der Waals surface area contributed by atoms with Gasteiger partial charge >= 0.3 is 12.1 Å². The summed E-state index contributed by atoms with van der Waals surface area (Å²) in [6.45, 7) is 1.29. The molecule has 176 valence electrons. The minimum atomic E-state index is -0.752. The summed E-state index contributed by atoms with van der Waals surface area (Å²) < 4.78 is 5.68. The van der Waals surface area contributed by atoms with Crippen LogP contribution >= 0.6 is 0 Å². The lowest BCUT2D eigenvalue weighted by Crippen LogP contribution is -2.46. The number of carboxylic acids is 1. The first-order chi connectivity index (χ1) is 16.5. The van der Waals surface area contributed by atoms with Crippen LogP contribution in [0.2, 0.25) is 0 Å². The first kappa shape index (κ1) is 21.2. The van der Waals surface area contributed by atoms with Gasteiger partial charge in [-0.1, -0.05) is 55.0 Å². The molecule has 2 amide bonds. The molecule has 4 atom stereocenters. The number of hydrogen-bond donors (Lipinski definition) is 2. The second-order valence-electron chi connectivity index (χ2n) is 10.0. The van der Waals surface area contributed by atoms with Crippen molar-refractivity contribution in [3.8, 4) is 11.1 Å². The maximum absolute atomic E-state index is 13.1. The third-order valence-corrected chi connectivity index (χ3v) is 8.27. The molecule has 1 heterocycles. The molecule has 0 aromatic heterocycles. The van der Waals surface area contributed by atoms with Crippen LogP contribution in [0.15, 0.2) is 48.5 Å². The lowest BCUT2D eigenvalue weighted by Gasteiger charge is -2.27. The molecule has 34 heavy (non-hydrogen) atoms. The van der Waals surface area contributed by atoms with Crippen LogP contribution in [0.25, 0.3) is 11.1 Å². The van der Waals surface area contributed by atoms with Crippen LogP contribution in [0.5, 0.6) is 0 Å². The Balaban J connectivity index is 1.06. The molecule has 1 aliphatic heterocycles. The topological polar surface area (TPSA) is 95.9 Å². The highest BCUT2D eigenvalue weighted by molar-refractivity contribution is 5.83. The van der Waals surface area contributed by atoms with Crippen molar-refractivity contribution in [2.45, 2.75) is 31.2 Å². The van der Waals surface area contributed by atoms with Crippen molar-refractivity contribution in [3.05, 3.63) is 59.7 Å². The van der Waals surface area contributed by atoms with Gasteiger partial charge in [-0.3, -0.25) is 9.59 Å². The lowest BCUT2D eigenvalue weighted by atomic mass is 9.98. The van der Waals surface area contributed by atoms with E-state index in [1.807, 2.05) is 24.3 Å². The molecule has 2 aromatic carbocycles. The summed E-state index contributed by atoms with van der Waals surface area (Å²) in [5, 5.41) is 12.2. The zero-order valence-corrected chi connectivity index (χ0v) is 18.9. The highest BCUT2D eigenvalue weighted by Crippen LogP contribution is 2.52. The number of carbonyl (C=O) groups excluding carboxylic acids is 2. The van der Waals surface area contributed by atoms with Crippen molar-refractivity contribution in [3.63, 3.8) is 0 Å². The number of aliphatic carboxylic acids is 1. The van der Waals surface area contributed by atoms with E-state index in [9.17, 15) is 19.5 Å². The van der Waals surface area contributed by atoms with Crippen molar-refractivity contribution in [1.29, 1.82) is 0 Å². The maximum Gasteiger partial charge on any atom is 0.407 e. The second kappa shape index (κ2) is 8.15. The predicted molar refractivity (Wildman–Crippen MR) is 124 cm³/mol. The normalized spacial score (nSPS) is 28.7. The summed E-state index contributed by atoms with van der Waals surface area (Å²) in [6.07, 6.45) is 1.88. The van der Waals surface area contributed by atoms with E-state index in [1.165, 1.54) is 11.1 Å². The average molecular weight is 461 g/mol. The Morgan fingerprint density at radius 3 is 2.18 bits per heavy atom. The summed E-state index contributed by atoms with van der Waals surface area (Å²) in [7, 11) is 0. The van der Waals surface area contributed by atoms with Crippen molar-refractivity contribution >= 4 is 18.0 Å². The van der Waals surface area contributed by atoms with E-state index in [1.54, 1.807) is 4.90 Å². The Labute approximate surface area is 198 Å². The number of nitrogens with zero attached hydrogens (tertiary/aromatic N) is 1. The van der Waals surface area contributed by atoms with Crippen LogP contribution in [0.1, 0.15) is 36.3 Å². The molecule has 0 spiro atoms. The molecule has 7 heteroatoms. The number of benzene rings is 2. The monoisotopic (exact) mass is 460 g/mol. The number of nitrogens with one attached hydrogen (secondary N) is 1. The smallest absolute Gasteiger partial charge is 0.407 e. The van der Waals surface area contributed by atoms with Gasteiger partial charge < -0.3 is 20.1 Å². The Morgan fingerprint density at radius 2 is 1.56 bits per heavy atom. The summed E-state index contributed by atoms with van der Waals surface area (Å²) >= 11 is 0. The van der Waals surface area contributed by atoms with E-state index in [-0.39, 0.29) is 48.1 Å². The van der Waals surface area contributed by atoms with Gasteiger partial charge in [0.1, 0.15) is 6.61 Å². The molecule has 2 aromatic rings. The van der Waals surface area contributed by atoms with Crippen molar-refractivity contribution in [2.75, 3.05) is 19.7 Å². The van der Waals surface area contributed by atoms with Crippen LogP contribution in [0.3, 0.4) is 0 Å². The quantitative estimate of drug-likeness (QED) is 0.712. The minimum absolute atomic E-state index is 0.00216. The van der Waals surface area contributed by atoms with Crippen LogP contribution < -0.4 is 5.32 Å². The summed E-state index contributed by atoms with van der Waals surface area (Å²) in [5.41, 5.74) is 4.69. The third kappa shape index (κ3) is 3.45. The number of carboxylic acid groups (broad SMARTS) is 1. The number of ether oxygens (including phenoxy) is 1. The second-order valence-corrected chi connectivity index (χ2v) is 10.0. The summed E-state index contributed by atoms with van der Waals surface area (Å²) in [4.78, 5) is 38.8. The van der Waals surface area contributed by atoms with Crippen LogP contribution in [0, 0.1) is 23.7 Å². The van der Waals surface area contributed by atoms with Gasteiger partial charge in [0, 0.05) is 25.0 Å². The van der Waals surface area contributed by atoms with E-state index in [0.29, 0.717) is 13.1 Å². The molecule has 4 aliphatic rings. The Kier molecular flexibility index (Phi) is 5.08. The molecular formula is C27H28N2O5. The van der Waals surface area contributed by atoms with Gasteiger partial charge in [0.25, 0.3) is 0 Å². The van der Waals surface area contributed by atoms with Gasteiger partial charge in [-0.25, -0.2) is 4.79 Å². The van der Waals surface area contributed by atoms with E-state index >= 15 is 0 Å². The van der Waals surface area contributed by atoms with E-state index < -0.39 is 12.1 Å². The van der Waals surface area contributed by atoms with Gasteiger partial charge in [0.05, 0.1) is 11.8 Å². The van der Waals surface area contributed by atoms with Crippen molar-refractivity contribution < 1.29 is 24.2 Å².